The maximum atomic E-state index is 5.97. The van der Waals surface area contributed by atoms with Gasteiger partial charge in [-0.05, 0) is 29.8 Å². The Morgan fingerprint density at radius 1 is 0.917 bits per heavy atom. The molecular weight excluding hydrogens is 298 g/mol. The number of fused-ring (bicyclic) bond motifs is 1. The standard InChI is InChI=1S/C20H17N3O/c21-17-10-8-16(9-11-17)18-13-23-12-4-7-19(20(23)22-18)24-14-15-5-2-1-3-6-15/h1-13H,14,21H2. The summed E-state index contributed by atoms with van der Waals surface area (Å²) in [4.78, 5) is 4.72. The van der Waals surface area contributed by atoms with E-state index in [4.69, 9.17) is 15.5 Å². The Hall–Kier alpha value is -3.27. The van der Waals surface area contributed by atoms with Crippen LogP contribution in [0.25, 0.3) is 16.9 Å². The number of pyridine rings is 1. The van der Waals surface area contributed by atoms with E-state index < -0.39 is 0 Å². The first-order chi connectivity index (χ1) is 11.8. The molecule has 0 spiro atoms. The number of imidazole rings is 1. The largest absolute Gasteiger partial charge is 0.485 e. The van der Waals surface area contributed by atoms with E-state index in [9.17, 15) is 0 Å². The zero-order valence-electron chi connectivity index (χ0n) is 13.1. The van der Waals surface area contributed by atoms with Crippen LogP contribution < -0.4 is 10.5 Å². The third kappa shape index (κ3) is 2.82. The lowest BCUT2D eigenvalue weighted by Crippen LogP contribution is -1.97. The number of nitrogens with two attached hydrogens (primary N) is 1. The first-order valence-electron chi connectivity index (χ1n) is 7.80. The van der Waals surface area contributed by atoms with Gasteiger partial charge in [0.2, 0.25) is 0 Å². The van der Waals surface area contributed by atoms with Crippen LogP contribution in [0, 0.1) is 0 Å². The number of aromatic nitrogens is 2. The Morgan fingerprint density at radius 3 is 2.50 bits per heavy atom. The van der Waals surface area contributed by atoms with Gasteiger partial charge in [-0.15, -0.1) is 0 Å². The highest BCUT2D eigenvalue weighted by Crippen LogP contribution is 2.25. The predicted octanol–water partition coefficient (Wildman–Crippen LogP) is 4.16. The highest BCUT2D eigenvalue weighted by molar-refractivity contribution is 5.67. The van der Waals surface area contributed by atoms with E-state index in [1.807, 2.05) is 83.5 Å². The van der Waals surface area contributed by atoms with Crippen LogP contribution in [0.15, 0.2) is 79.1 Å². The minimum absolute atomic E-state index is 0.518. The van der Waals surface area contributed by atoms with Gasteiger partial charge in [-0.1, -0.05) is 42.5 Å². The van der Waals surface area contributed by atoms with Gasteiger partial charge >= 0.3 is 0 Å². The molecule has 4 rings (SSSR count). The summed E-state index contributed by atoms with van der Waals surface area (Å²) in [6.07, 6.45) is 3.97. The van der Waals surface area contributed by atoms with Gasteiger partial charge in [0.05, 0.1) is 5.69 Å². The van der Waals surface area contributed by atoms with Gasteiger partial charge in [0.25, 0.3) is 0 Å². The van der Waals surface area contributed by atoms with E-state index in [1.165, 1.54) is 0 Å². The minimum Gasteiger partial charge on any atom is -0.485 e. The molecule has 0 amide bonds. The number of rotatable bonds is 4. The van der Waals surface area contributed by atoms with Crippen LogP contribution in [0.1, 0.15) is 5.56 Å². The summed E-state index contributed by atoms with van der Waals surface area (Å²) < 4.78 is 7.95. The number of anilines is 1. The summed E-state index contributed by atoms with van der Waals surface area (Å²) in [5.74, 6) is 0.767. The van der Waals surface area contributed by atoms with E-state index in [-0.39, 0.29) is 0 Å². The van der Waals surface area contributed by atoms with Crippen LogP contribution in [0.4, 0.5) is 5.69 Å². The lowest BCUT2D eigenvalue weighted by Gasteiger charge is -2.07. The SMILES string of the molecule is Nc1ccc(-c2cn3cccc(OCc4ccccc4)c3n2)cc1. The molecule has 0 saturated heterocycles. The summed E-state index contributed by atoms with van der Waals surface area (Å²) in [6, 6.07) is 21.7. The normalized spacial score (nSPS) is 10.8. The monoisotopic (exact) mass is 315 g/mol. The third-order valence-corrected chi connectivity index (χ3v) is 3.89. The number of nitrogen functional groups attached to an aromatic ring is 1. The molecule has 0 fully saturated rings. The molecule has 0 atom stereocenters. The molecule has 0 radical (unpaired) electrons. The molecular formula is C20H17N3O. The molecule has 24 heavy (non-hydrogen) atoms. The molecule has 0 unspecified atom stereocenters. The molecule has 4 heteroatoms. The van der Waals surface area contributed by atoms with Crippen LogP contribution in [0.5, 0.6) is 5.75 Å². The fourth-order valence-corrected chi connectivity index (χ4v) is 2.63. The minimum atomic E-state index is 0.518. The molecule has 0 bridgehead atoms. The lowest BCUT2D eigenvalue weighted by molar-refractivity contribution is 0.308. The Morgan fingerprint density at radius 2 is 1.71 bits per heavy atom. The van der Waals surface area contributed by atoms with Gasteiger partial charge in [-0.3, -0.25) is 0 Å². The van der Waals surface area contributed by atoms with Crippen molar-refractivity contribution in [2.75, 3.05) is 5.73 Å². The lowest BCUT2D eigenvalue weighted by atomic mass is 10.1. The van der Waals surface area contributed by atoms with Crippen LogP contribution >= 0.6 is 0 Å². The van der Waals surface area contributed by atoms with E-state index in [0.717, 1.165) is 33.9 Å². The van der Waals surface area contributed by atoms with Crippen LogP contribution in [0.3, 0.4) is 0 Å². The number of nitrogens with zero attached hydrogens (tertiary/aromatic N) is 2. The first kappa shape index (κ1) is 14.3. The smallest absolute Gasteiger partial charge is 0.180 e. The molecule has 4 nitrogen and oxygen atoms in total. The van der Waals surface area contributed by atoms with E-state index in [1.54, 1.807) is 0 Å². The van der Waals surface area contributed by atoms with E-state index >= 15 is 0 Å². The van der Waals surface area contributed by atoms with Crippen LogP contribution in [0.2, 0.25) is 0 Å². The highest BCUT2D eigenvalue weighted by atomic mass is 16.5. The second-order valence-corrected chi connectivity index (χ2v) is 5.63. The van der Waals surface area contributed by atoms with Crippen molar-refractivity contribution in [2.45, 2.75) is 6.61 Å². The third-order valence-electron chi connectivity index (χ3n) is 3.89. The van der Waals surface area contributed by atoms with Crippen molar-refractivity contribution in [3.8, 4) is 17.0 Å². The molecule has 4 aromatic rings. The van der Waals surface area contributed by atoms with Crippen LogP contribution in [-0.2, 0) is 6.61 Å². The molecule has 0 aliphatic heterocycles. The summed E-state index contributed by atoms with van der Waals surface area (Å²) in [6.45, 7) is 0.518. The topological polar surface area (TPSA) is 52.5 Å². The van der Waals surface area contributed by atoms with Crippen molar-refractivity contribution in [1.29, 1.82) is 0 Å². The molecule has 0 aliphatic carbocycles. The summed E-state index contributed by atoms with van der Waals surface area (Å²) >= 11 is 0. The quantitative estimate of drug-likeness (QED) is 0.575. The van der Waals surface area contributed by atoms with Gasteiger partial charge in [-0.2, -0.15) is 0 Å². The van der Waals surface area contributed by atoms with Crippen molar-refractivity contribution in [3.05, 3.63) is 84.7 Å². The van der Waals surface area contributed by atoms with Gasteiger partial charge in [0, 0.05) is 23.6 Å². The molecule has 118 valence electrons. The van der Waals surface area contributed by atoms with E-state index in [2.05, 4.69) is 0 Å². The maximum Gasteiger partial charge on any atom is 0.180 e. The highest BCUT2D eigenvalue weighted by Gasteiger charge is 2.09. The molecule has 2 N–H and O–H groups in total. The molecule has 2 aromatic carbocycles. The maximum absolute atomic E-state index is 5.97. The average Bonchev–Trinajstić information content (AvgIpc) is 3.06. The van der Waals surface area contributed by atoms with Gasteiger partial charge < -0.3 is 14.9 Å². The number of hydrogen-bond donors (Lipinski definition) is 1. The first-order valence-corrected chi connectivity index (χ1v) is 7.80. The zero-order chi connectivity index (χ0) is 16.4. The summed E-state index contributed by atoms with van der Waals surface area (Å²) in [5, 5.41) is 0. The van der Waals surface area contributed by atoms with Crippen molar-refractivity contribution >= 4 is 11.3 Å². The number of ether oxygens (including phenoxy) is 1. The second-order valence-electron chi connectivity index (χ2n) is 5.63. The van der Waals surface area contributed by atoms with Crippen LogP contribution in [-0.4, -0.2) is 9.38 Å². The van der Waals surface area contributed by atoms with Crippen molar-refractivity contribution in [3.63, 3.8) is 0 Å². The second kappa shape index (κ2) is 6.08. The molecule has 0 saturated carbocycles. The Bertz CT molecular complexity index is 959. The zero-order valence-corrected chi connectivity index (χ0v) is 13.1. The van der Waals surface area contributed by atoms with Crippen molar-refractivity contribution in [2.24, 2.45) is 0 Å². The number of hydrogen-bond acceptors (Lipinski definition) is 3. The Labute approximate surface area is 140 Å². The fourth-order valence-electron chi connectivity index (χ4n) is 2.63. The van der Waals surface area contributed by atoms with Crippen molar-refractivity contribution in [1.82, 2.24) is 9.38 Å². The molecule has 0 aliphatic rings. The van der Waals surface area contributed by atoms with Gasteiger partial charge in [0.1, 0.15) is 6.61 Å². The fraction of sp³-hybridized carbons (Fsp3) is 0.0500. The Kier molecular flexibility index (Phi) is 3.63. The Balaban J connectivity index is 1.66. The molecule has 2 heterocycles. The van der Waals surface area contributed by atoms with Gasteiger partial charge in [0.15, 0.2) is 11.4 Å². The van der Waals surface area contributed by atoms with Gasteiger partial charge in [-0.25, -0.2) is 4.98 Å². The number of benzene rings is 2. The average molecular weight is 315 g/mol. The van der Waals surface area contributed by atoms with E-state index in [0.29, 0.717) is 6.61 Å². The summed E-state index contributed by atoms with van der Waals surface area (Å²) in [5.41, 5.74) is 10.4. The molecule has 2 aromatic heterocycles. The predicted molar refractivity (Wildman–Crippen MR) is 95.8 cm³/mol. The van der Waals surface area contributed by atoms with Crippen molar-refractivity contribution < 1.29 is 4.74 Å². The summed E-state index contributed by atoms with van der Waals surface area (Å²) in [7, 11) is 0.